The van der Waals surface area contributed by atoms with Crippen LogP contribution in [0.2, 0.25) is 0 Å². The van der Waals surface area contributed by atoms with Crippen molar-refractivity contribution < 1.29 is 0 Å². The predicted octanol–water partition coefficient (Wildman–Crippen LogP) is 4.92. The normalized spacial score (nSPS) is 18.5. The van der Waals surface area contributed by atoms with E-state index in [-0.39, 0.29) is 0 Å². The summed E-state index contributed by atoms with van der Waals surface area (Å²) in [6.45, 7) is 5.55. The van der Waals surface area contributed by atoms with Gasteiger partial charge in [0.05, 0.1) is 6.04 Å². The lowest BCUT2D eigenvalue weighted by Gasteiger charge is -2.36. The van der Waals surface area contributed by atoms with Crippen LogP contribution < -0.4 is 4.90 Å². The molecule has 1 unspecified atom stereocenters. The lowest BCUT2D eigenvalue weighted by atomic mass is 9.99. The van der Waals surface area contributed by atoms with Crippen LogP contribution >= 0.6 is 22.9 Å². The molecule has 100 valence electrons. The maximum absolute atomic E-state index is 5.94. The van der Waals surface area contributed by atoms with Crippen LogP contribution in [0.3, 0.4) is 0 Å². The molecule has 1 aromatic heterocycles. The Morgan fingerprint density at radius 3 is 2.95 bits per heavy atom. The van der Waals surface area contributed by atoms with E-state index in [1.54, 1.807) is 4.88 Å². The molecule has 0 amide bonds. The van der Waals surface area contributed by atoms with Gasteiger partial charge in [-0.25, -0.2) is 0 Å². The van der Waals surface area contributed by atoms with Crippen molar-refractivity contribution in [1.82, 2.24) is 0 Å². The van der Waals surface area contributed by atoms with Crippen molar-refractivity contribution in [3.05, 3.63) is 51.2 Å². The topological polar surface area (TPSA) is 3.24 Å². The first-order valence-corrected chi connectivity index (χ1v) is 8.10. The van der Waals surface area contributed by atoms with E-state index < -0.39 is 0 Å². The van der Waals surface area contributed by atoms with Crippen molar-refractivity contribution in [2.24, 2.45) is 0 Å². The Morgan fingerprint density at radius 2 is 2.21 bits per heavy atom. The van der Waals surface area contributed by atoms with Crippen LogP contribution in [-0.2, 0) is 12.3 Å². The first-order valence-electron chi connectivity index (χ1n) is 6.69. The molecule has 0 radical (unpaired) electrons. The highest BCUT2D eigenvalue weighted by Gasteiger charge is 2.24. The lowest BCUT2D eigenvalue weighted by molar-refractivity contribution is 0.632. The van der Waals surface area contributed by atoms with Gasteiger partial charge in [0.2, 0.25) is 0 Å². The molecule has 2 aromatic rings. The Bertz CT molecular complexity index is 590. The third-order valence-corrected chi connectivity index (χ3v) is 5.36. The summed E-state index contributed by atoms with van der Waals surface area (Å²) in [6.07, 6.45) is 1.16. The van der Waals surface area contributed by atoms with Crippen LogP contribution in [0.4, 0.5) is 5.69 Å². The average molecular weight is 292 g/mol. The molecule has 0 saturated carbocycles. The largest absolute Gasteiger partial charge is 0.364 e. The van der Waals surface area contributed by atoms with Crippen LogP contribution in [-0.4, -0.2) is 6.54 Å². The van der Waals surface area contributed by atoms with Gasteiger partial charge in [-0.1, -0.05) is 6.07 Å². The molecule has 0 bridgehead atoms. The maximum Gasteiger partial charge on any atom is 0.0525 e. The minimum atomic E-state index is 0.469. The number of nitrogens with zero attached hydrogens (tertiary/aromatic N) is 1. The van der Waals surface area contributed by atoms with Gasteiger partial charge in [-0.2, -0.15) is 0 Å². The van der Waals surface area contributed by atoms with E-state index in [9.17, 15) is 0 Å². The van der Waals surface area contributed by atoms with Crippen LogP contribution in [0.5, 0.6) is 0 Å². The zero-order chi connectivity index (χ0) is 13.4. The Labute approximate surface area is 123 Å². The molecule has 3 rings (SSSR count). The molecule has 3 heteroatoms. The third kappa shape index (κ3) is 2.28. The van der Waals surface area contributed by atoms with Gasteiger partial charge in [0.15, 0.2) is 0 Å². The van der Waals surface area contributed by atoms with Crippen molar-refractivity contribution in [3.63, 3.8) is 0 Å². The van der Waals surface area contributed by atoms with Crippen molar-refractivity contribution in [2.45, 2.75) is 32.2 Å². The van der Waals surface area contributed by atoms with Gasteiger partial charge >= 0.3 is 0 Å². The summed E-state index contributed by atoms with van der Waals surface area (Å²) >= 11 is 7.83. The van der Waals surface area contributed by atoms with E-state index in [0.717, 1.165) is 13.0 Å². The van der Waals surface area contributed by atoms with E-state index in [2.05, 4.69) is 48.4 Å². The van der Waals surface area contributed by atoms with Crippen molar-refractivity contribution in [1.29, 1.82) is 0 Å². The summed E-state index contributed by atoms with van der Waals surface area (Å²) in [5.74, 6) is 0.594. The minimum Gasteiger partial charge on any atom is -0.364 e. The summed E-state index contributed by atoms with van der Waals surface area (Å²) in [4.78, 5) is 4.05. The zero-order valence-electron chi connectivity index (χ0n) is 11.3. The molecule has 0 aliphatic carbocycles. The highest BCUT2D eigenvalue weighted by Crippen LogP contribution is 2.36. The number of halogens is 1. The van der Waals surface area contributed by atoms with E-state index in [1.807, 2.05) is 11.3 Å². The molecule has 1 aromatic carbocycles. The molecular weight excluding hydrogens is 274 g/mol. The standard InChI is InChI=1S/C16H18ClNS/c1-11-9-14(4-3-13(11)10-17)18-7-5-16-15(12(18)2)6-8-19-16/h3-4,6,8-9,12H,5,7,10H2,1-2H3. The second-order valence-electron chi connectivity index (χ2n) is 5.16. The Kier molecular flexibility index (Phi) is 3.55. The number of hydrogen-bond donors (Lipinski definition) is 0. The average Bonchev–Trinajstić information content (AvgIpc) is 2.88. The molecule has 1 aliphatic rings. The number of thiophene rings is 1. The van der Waals surface area contributed by atoms with Gasteiger partial charge in [0.1, 0.15) is 0 Å². The van der Waals surface area contributed by atoms with Gasteiger partial charge in [-0.3, -0.25) is 0 Å². The quantitative estimate of drug-likeness (QED) is 0.710. The first kappa shape index (κ1) is 13.0. The summed E-state index contributed by atoms with van der Waals surface area (Å²) < 4.78 is 0. The third-order valence-electron chi connectivity index (χ3n) is 4.08. The van der Waals surface area contributed by atoms with E-state index in [1.165, 1.54) is 22.4 Å². The van der Waals surface area contributed by atoms with E-state index in [0.29, 0.717) is 11.9 Å². The molecule has 0 saturated heterocycles. The predicted molar refractivity (Wildman–Crippen MR) is 84.5 cm³/mol. The van der Waals surface area contributed by atoms with Crippen LogP contribution in [0.15, 0.2) is 29.6 Å². The molecule has 0 N–H and O–H groups in total. The number of alkyl halides is 1. The Morgan fingerprint density at radius 1 is 1.37 bits per heavy atom. The highest BCUT2D eigenvalue weighted by molar-refractivity contribution is 7.10. The summed E-state index contributed by atoms with van der Waals surface area (Å²) in [7, 11) is 0. The summed E-state index contributed by atoms with van der Waals surface area (Å²) in [5, 5.41) is 2.21. The lowest BCUT2D eigenvalue weighted by Crippen LogP contribution is -2.33. The second kappa shape index (κ2) is 5.18. The highest BCUT2D eigenvalue weighted by atomic mass is 35.5. The molecule has 1 nitrogen and oxygen atoms in total. The smallest absolute Gasteiger partial charge is 0.0525 e. The van der Waals surface area contributed by atoms with Gasteiger partial charge in [-0.15, -0.1) is 22.9 Å². The van der Waals surface area contributed by atoms with Gasteiger partial charge in [0, 0.05) is 23.0 Å². The maximum atomic E-state index is 5.94. The van der Waals surface area contributed by atoms with Gasteiger partial charge in [-0.05, 0) is 60.5 Å². The van der Waals surface area contributed by atoms with E-state index in [4.69, 9.17) is 11.6 Å². The van der Waals surface area contributed by atoms with Crippen LogP contribution in [0.25, 0.3) is 0 Å². The fourth-order valence-corrected chi connectivity index (χ4v) is 4.13. The summed E-state index contributed by atoms with van der Waals surface area (Å²) in [6, 6.07) is 9.38. The van der Waals surface area contributed by atoms with E-state index >= 15 is 0 Å². The van der Waals surface area contributed by atoms with Gasteiger partial charge < -0.3 is 4.90 Å². The van der Waals surface area contributed by atoms with Crippen molar-refractivity contribution >= 4 is 28.6 Å². The SMILES string of the molecule is Cc1cc(N2CCc3sccc3C2C)ccc1CCl. The van der Waals surface area contributed by atoms with Crippen molar-refractivity contribution in [2.75, 3.05) is 11.4 Å². The number of aryl methyl sites for hydroxylation is 1. The molecule has 19 heavy (non-hydrogen) atoms. The number of rotatable bonds is 2. The molecular formula is C16H18ClNS. The van der Waals surface area contributed by atoms with Crippen molar-refractivity contribution in [3.8, 4) is 0 Å². The Hall–Kier alpha value is -0.990. The molecule has 1 atom stereocenters. The number of benzene rings is 1. The fraction of sp³-hybridized carbons (Fsp3) is 0.375. The zero-order valence-corrected chi connectivity index (χ0v) is 12.9. The number of anilines is 1. The number of hydrogen-bond acceptors (Lipinski definition) is 2. The second-order valence-corrected chi connectivity index (χ2v) is 6.43. The fourth-order valence-electron chi connectivity index (χ4n) is 2.87. The first-order chi connectivity index (χ1) is 9.20. The molecule has 2 heterocycles. The van der Waals surface area contributed by atoms with Gasteiger partial charge in [0.25, 0.3) is 0 Å². The monoisotopic (exact) mass is 291 g/mol. The minimum absolute atomic E-state index is 0.469. The van der Waals surface area contributed by atoms with Crippen LogP contribution in [0, 0.1) is 6.92 Å². The molecule has 0 fully saturated rings. The Balaban J connectivity index is 1.93. The van der Waals surface area contributed by atoms with Crippen LogP contribution in [0.1, 0.15) is 34.5 Å². The summed E-state index contributed by atoms with van der Waals surface area (Å²) in [5.41, 5.74) is 5.33. The molecule has 1 aliphatic heterocycles. The number of fused-ring (bicyclic) bond motifs is 1. The molecule has 0 spiro atoms.